The highest BCUT2D eigenvalue weighted by Gasteiger charge is 2.41. The lowest BCUT2D eigenvalue weighted by molar-refractivity contribution is 0.127. The van der Waals surface area contributed by atoms with Gasteiger partial charge in [0.05, 0.1) is 22.7 Å². The lowest BCUT2D eigenvalue weighted by Gasteiger charge is -2.15. The molecule has 0 saturated heterocycles. The first-order chi connectivity index (χ1) is 13.6. The van der Waals surface area contributed by atoms with Gasteiger partial charge in [-0.05, 0) is 43.2 Å². The zero-order valence-electron chi connectivity index (χ0n) is 16.1. The molecule has 1 aliphatic carbocycles. The predicted octanol–water partition coefficient (Wildman–Crippen LogP) is 2.92. The molecule has 0 amide bonds. The Morgan fingerprint density at radius 2 is 1.83 bits per heavy atom. The standard InChI is InChI=1S/C19H23BrN2O5S2/c1-3-27-17-11-15(17)22-29(25,26)19-9-8-14(20)10-16(19)21-12-13-6-4-5-7-18(13)28(2,23)24/h4-10,15,17,21-22H,3,11-12H2,1-2H3/t15-,17-/m1/s1. The Labute approximate surface area is 180 Å². The largest absolute Gasteiger partial charge is 0.380 e. The van der Waals surface area contributed by atoms with Gasteiger partial charge >= 0.3 is 0 Å². The van der Waals surface area contributed by atoms with Crippen molar-refractivity contribution in [3.05, 3.63) is 52.5 Å². The van der Waals surface area contributed by atoms with Crippen molar-refractivity contribution in [1.82, 2.24) is 4.72 Å². The van der Waals surface area contributed by atoms with Gasteiger partial charge in [0.25, 0.3) is 0 Å². The van der Waals surface area contributed by atoms with Crippen LogP contribution in [0.5, 0.6) is 0 Å². The van der Waals surface area contributed by atoms with Crippen molar-refractivity contribution < 1.29 is 21.6 Å². The number of hydrogen-bond acceptors (Lipinski definition) is 6. The van der Waals surface area contributed by atoms with E-state index in [0.717, 1.165) is 6.26 Å². The van der Waals surface area contributed by atoms with Crippen molar-refractivity contribution in [2.75, 3.05) is 18.2 Å². The highest BCUT2D eigenvalue weighted by Crippen LogP contribution is 2.31. The van der Waals surface area contributed by atoms with Crippen molar-refractivity contribution in [3.8, 4) is 0 Å². The topological polar surface area (TPSA) is 102 Å². The van der Waals surface area contributed by atoms with Gasteiger partial charge < -0.3 is 10.1 Å². The molecule has 2 aromatic rings. The minimum atomic E-state index is -3.77. The molecule has 158 valence electrons. The summed E-state index contributed by atoms with van der Waals surface area (Å²) in [6, 6.07) is 11.2. The van der Waals surface area contributed by atoms with Crippen LogP contribution in [-0.4, -0.2) is 41.8 Å². The normalized spacial score (nSPS) is 19.1. The molecule has 2 N–H and O–H groups in total. The molecule has 0 heterocycles. The number of sulfone groups is 1. The molecule has 0 bridgehead atoms. The van der Waals surface area contributed by atoms with Gasteiger partial charge in [0.1, 0.15) is 4.90 Å². The SMILES string of the molecule is CCO[C@@H]1C[C@H]1NS(=O)(=O)c1ccc(Br)cc1NCc1ccccc1S(C)(=O)=O. The molecule has 1 fully saturated rings. The number of anilines is 1. The second-order valence-corrected chi connectivity index (χ2v) is 11.4. The fourth-order valence-corrected chi connectivity index (χ4v) is 5.78. The molecule has 1 aliphatic rings. The van der Waals surface area contributed by atoms with Gasteiger partial charge in [0.15, 0.2) is 9.84 Å². The summed E-state index contributed by atoms with van der Waals surface area (Å²) in [7, 11) is -7.17. The highest BCUT2D eigenvalue weighted by molar-refractivity contribution is 9.10. The monoisotopic (exact) mass is 502 g/mol. The Balaban J connectivity index is 1.84. The fraction of sp³-hybridized carbons (Fsp3) is 0.368. The van der Waals surface area contributed by atoms with Crippen LogP contribution in [0.2, 0.25) is 0 Å². The Kier molecular flexibility index (Phi) is 6.69. The van der Waals surface area contributed by atoms with Crippen molar-refractivity contribution in [2.24, 2.45) is 0 Å². The minimum Gasteiger partial charge on any atom is -0.380 e. The van der Waals surface area contributed by atoms with Crippen LogP contribution < -0.4 is 10.0 Å². The van der Waals surface area contributed by atoms with Crippen LogP contribution in [-0.2, 0) is 31.1 Å². The van der Waals surface area contributed by atoms with Crippen LogP contribution >= 0.6 is 15.9 Å². The van der Waals surface area contributed by atoms with Gasteiger partial charge in [-0.2, -0.15) is 0 Å². The van der Waals surface area contributed by atoms with Crippen LogP contribution in [0.3, 0.4) is 0 Å². The van der Waals surface area contributed by atoms with E-state index in [2.05, 4.69) is 26.0 Å². The lowest BCUT2D eigenvalue weighted by atomic mass is 10.2. The summed E-state index contributed by atoms with van der Waals surface area (Å²) in [6.07, 6.45) is 1.70. The molecule has 7 nitrogen and oxygen atoms in total. The molecule has 0 radical (unpaired) electrons. The van der Waals surface area contributed by atoms with Gasteiger partial charge in [0, 0.05) is 23.9 Å². The van der Waals surface area contributed by atoms with Crippen LogP contribution in [0.4, 0.5) is 5.69 Å². The van der Waals surface area contributed by atoms with Crippen LogP contribution in [0, 0.1) is 0 Å². The van der Waals surface area contributed by atoms with Crippen molar-refractivity contribution in [3.63, 3.8) is 0 Å². The van der Waals surface area contributed by atoms with Gasteiger partial charge in [0.2, 0.25) is 10.0 Å². The van der Waals surface area contributed by atoms with E-state index in [0.29, 0.717) is 28.8 Å². The third kappa shape index (κ3) is 5.58. The van der Waals surface area contributed by atoms with E-state index >= 15 is 0 Å². The number of benzene rings is 2. The molecule has 10 heteroatoms. The summed E-state index contributed by atoms with van der Waals surface area (Å²) < 4.78 is 58.6. The number of nitrogens with one attached hydrogen (secondary N) is 2. The zero-order valence-corrected chi connectivity index (χ0v) is 19.3. The molecule has 0 spiro atoms. The first-order valence-corrected chi connectivity index (χ1v) is 13.2. The third-order valence-corrected chi connectivity index (χ3v) is 7.73. The van der Waals surface area contributed by atoms with E-state index in [9.17, 15) is 16.8 Å². The van der Waals surface area contributed by atoms with E-state index in [4.69, 9.17) is 4.74 Å². The van der Waals surface area contributed by atoms with Crippen molar-refractivity contribution in [2.45, 2.75) is 41.8 Å². The number of hydrogen-bond donors (Lipinski definition) is 2. The summed E-state index contributed by atoms with van der Waals surface area (Å²) in [5, 5.41) is 3.07. The first-order valence-electron chi connectivity index (χ1n) is 9.07. The van der Waals surface area contributed by atoms with Crippen LogP contribution in [0.15, 0.2) is 56.7 Å². The van der Waals surface area contributed by atoms with E-state index in [1.807, 2.05) is 6.92 Å². The van der Waals surface area contributed by atoms with Crippen LogP contribution in [0.25, 0.3) is 0 Å². The maximum absolute atomic E-state index is 12.9. The average Bonchev–Trinajstić information content (AvgIpc) is 3.36. The van der Waals surface area contributed by atoms with Crippen molar-refractivity contribution in [1.29, 1.82) is 0 Å². The maximum Gasteiger partial charge on any atom is 0.242 e. The molecule has 3 rings (SSSR count). The fourth-order valence-electron chi connectivity index (χ4n) is 3.03. The Bertz CT molecular complexity index is 1100. The molecule has 2 aromatic carbocycles. The second kappa shape index (κ2) is 8.73. The summed E-state index contributed by atoms with van der Waals surface area (Å²) in [6.45, 7) is 2.57. The lowest BCUT2D eigenvalue weighted by Crippen LogP contribution is -2.29. The molecule has 0 aliphatic heterocycles. The van der Waals surface area contributed by atoms with Gasteiger partial charge in [-0.1, -0.05) is 34.1 Å². The quantitative estimate of drug-likeness (QED) is 0.546. The van der Waals surface area contributed by atoms with Gasteiger partial charge in [-0.25, -0.2) is 21.6 Å². The first kappa shape index (κ1) is 22.2. The smallest absolute Gasteiger partial charge is 0.242 e. The molecule has 2 atom stereocenters. The predicted molar refractivity (Wildman–Crippen MR) is 115 cm³/mol. The zero-order chi connectivity index (χ0) is 21.2. The van der Waals surface area contributed by atoms with Crippen molar-refractivity contribution >= 4 is 41.5 Å². The second-order valence-electron chi connectivity index (χ2n) is 6.83. The third-order valence-electron chi connectivity index (χ3n) is 4.49. The summed E-state index contributed by atoms with van der Waals surface area (Å²) in [5.74, 6) is 0. The molecular weight excluding hydrogens is 480 g/mol. The highest BCUT2D eigenvalue weighted by atomic mass is 79.9. The molecule has 1 saturated carbocycles. The summed E-state index contributed by atoms with van der Waals surface area (Å²) in [4.78, 5) is 0.308. The van der Waals surface area contributed by atoms with E-state index < -0.39 is 19.9 Å². The Morgan fingerprint density at radius 3 is 2.52 bits per heavy atom. The average molecular weight is 503 g/mol. The summed E-state index contributed by atoms with van der Waals surface area (Å²) >= 11 is 3.36. The van der Waals surface area contributed by atoms with E-state index in [1.54, 1.807) is 30.3 Å². The van der Waals surface area contributed by atoms with E-state index in [1.165, 1.54) is 12.1 Å². The molecule has 0 unspecified atom stereocenters. The number of ether oxygens (including phenoxy) is 1. The van der Waals surface area contributed by atoms with Gasteiger partial charge in [-0.3, -0.25) is 0 Å². The van der Waals surface area contributed by atoms with E-state index in [-0.39, 0.29) is 28.5 Å². The Morgan fingerprint density at radius 1 is 1.10 bits per heavy atom. The maximum atomic E-state index is 12.9. The summed E-state index contributed by atoms with van der Waals surface area (Å²) in [5.41, 5.74) is 0.939. The molecular formula is C19H23BrN2O5S2. The van der Waals surface area contributed by atoms with Gasteiger partial charge in [-0.15, -0.1) is 0 Å². The number of halogens is 1. The molecule has 29 heavy (non-hydrogen) atoms. The minimum absolute atomic E-state index is 0.0942. The number of rotatable bonds is 9. The number of sulfonamides is 1. The molecule has 0 aromatic heterocycles. The Hall–Kier alpha value is -1.46. The van der Waals surface area contributed by atoms with Crippen LogP contribution in [0.1, 0.15) is 18.9 Å².